The Labute approximate surface area is 334 Å². The lowest BCUT2D eigenvalue weighted by molar-refractivity contribution is -0.138. The van der Waals surface area contributed by atoms with Crippen LogP contribution in [0.5, 0.6) is 0 Å². The zero-order valence-electron chi connectivity index (χ0n) is 31.6. The molecule has 4 aromatic carbocycles. The van der Waals surface area contributed by atoms with Crippen LogP contribution in [0.3, 0.4) is 0 Å². The molecule has 3 aromatic heterocycles. The largest absolute Gasteiger partial charge is 0.463 e. The van der Waals surface area contributed by atoms with Crippen molar-refractivity contribution in [2.24, 2.45) is 0 Å². The molecular formula is C51H36N4O3. The van der Waals surface area contributed by atoms with Crippen LogP contribution in [-0.2, 0) is 14.3 Å². The average molecular weight is 753 g/mol. The SMILES string of the molecule is CCOC(=O)C1=C2C(=C(C=O)C1)c1nc2c(-c2ccccc2)c2ccc([nH]2)c(-c2ccccc2)c2nc(c(-c3ccccc3)c3ccc([nH]3)c1-c1ccccc1)C=C2. The van der Waals surface area contributed by atoms with Gasteiger partial charge in [-0.15, -0.1) is 0 Å². The molecule has 3 aliphatic rings. The van der Waals surface area contributed by atoms with E-state index in [0.717, 1.165) is 84.2 Å². The van der Waals surface area contributed by atoms with E-state index >= 15 is 0 Å². The Morgan fingerprint density at radius 1 is 0.552 bits per heavy atom. The second-order valence-electron chi connectivity index (χ2n) is 14.3. The Bertz CT molecular complexity index is 3050. The van der Waals surface area contributed by atoms with Crippen molar-refractivity contribution in [2.45, 2.75) is 13.3 Å². The number of aromatic amines is 2. The Hall–Kier alpha value is -7.64. The molecule has 0 spiro atoms. The number of esters is 1. The maximum Gasteiger partial charge on any atom is 0.335 e. The van der Waals surface area contributed by atoms with Crippen molar-refractivity contribution in [3.8, 4) is 44.5 Å². The number of hydrogen-bond donors (Lipinski definition) is 2. The lowest BCUT2D eigenvalue weighted by atomic mass is 9.93. The molecule has 2 N–H and O–H groups in total. The number of carbonyl (C=O) groups excluding carboxylic acids is 2. The number of ether oxygens (including phenoxy) is 1. The lowest BCUT2D eigenvalue weighted by Gasteiger charge is -2.10. The van der Waals surface area contributed by atoms with Gasteiger partial charge in [-0.05, 0) is 65.6 Å². The van der Waals surface area contributed by atoms with E-state index < -0.39 is 5.97 Å². The van der Waals surface area contributed by atoms with Gasteiger partial charge in [0.05, 0.1) is 35.0 Å². The molecule has 0 amide bonds. The molecule has 8 bridgehead atoms. The van der Waals surface area contributed by atoms with Crippen molar-refractivity contribution in [1.29, 1.82) is 0 Å². The summed E-state index contributed by atoms with van der Waals surface area (Å²) in [7, 11) is 0. The number of aromatic nitrogens is 4. The molecule has 1 aliphatic carbocycles. The highest BCUT2D eigenvalue weighted by molar-refractivity contribution is 6.25. The van der Waals surface area contributed by atoms with Crippen molar-refractivity contribution in [2.75, 3.05) is 6.61 Å². The highest BCUT2D eigenvalue weighted by atomic mass is 16.5. The van der Waals surface area contributed by atoms with Gasteiger partial charge in [0.15, 0.2) is 0 Å². The van der Waals surface area contributed by atoms with Crippen LogP contribution in [0.2, 0.25) is 0 Å². The maximum atomic E-state index is 13.9. The third kappa shape index (κ3) is 5.83. The summed E-state index contributed by atoms with van der Waals surface area (Å²) >= 11 is 0. The Morgan fingerprint density at radius 2 is 0.948 bits per heavy atom. The van der Waals surface area contributed by atoms with Gasteiger partial charge in [-0.25, -0.2) is 14.8 Å². The summed E-state index contributed by atoms with van der Waals surface area (Å²) in [6.07, 6.45) is 5.16. The number of carbonyl (C=O) groups is 2. The van der Waals surface area contributed by atoms with Crippen LogP contribution < -0.4 is 0 Å². The van der Waals surface area contributed by atoms with Gasteiger partial charge in [0.25, 0.3) is 0 Å². The summed E-state index contributed by atoms with van der Waals surface area (Å²) in [4.78, 5) is 45.6. The van der Waals surface area contributed by atoms with E-state index in [2.05, 4.69) is 70.7 Å². The van der Waals surface area contributed by atoms with Crippen molar-refractivity contribution in [1.82, 2.24) is 19.9 Å². The molecule has 2 aliphatic heterocycles. The van der Waals surface area contributed by atoms with Gasteiger partial charge in [0.1, 0.15) is 6.29 Å². The fourth-order valence-corrected chi connectivity index (χ4v) is 8.44. The molecule has 7 aromatic rings. The standard InChI is InChI=1S/C51H36N4O3/c1-2-58-51(57)36-29-35(30-56)47-48(36)50-46(34-21-13-6-14-22-34)42-28-26-40(54-42)44(32-17-9-4-10-18-32)38-24-23-37(52-38)43(31-15-7-3-8-16-31)39-25-27-41(53-39)45(49(47)55-50)33-19-11-5-12-20-33/h3-28,30,53-54H,2,29H2,1H3. The molecule has 10 rings (SSSR count). The topological polar surface area (TPSA) is 101 Å². The third-order valence-corrected chi connectivity index (χ3v) is 10.9. The van der Waals surface area contributed by atoms with Crippen LogP contribution in [0.15, 0.2) is 157 Å². The molecular weight excluding hydrogens is 717 g/mol. The first-order valence-electron chi connectivity index (χ1n) is 19.4. The van der Waals surface area contributed by atoms with Gasteiger partial charge >= 0.3 is 5.97 Å². The predicted molar refractivity (Wildman–Crippen MR) is 233 cm³/mol. The van der Waals surface area contributed by atoms with Crippen LogP contribution in [-0.4, -0.2) is 38.8 Å². The second-order valence-corrected chi connectivity index (χ2v) is 14.3. The number of nitrogens with zero attached hydrogens (tertiary/aromatic N) is 2. The van der Waals surface area contributed by atoms with E-state index in [1.165, 1.54) is 0 Å². The number of nitrogens with one attached hydrogen (secondary N) is 2. The first-order valence-corrected chi connectivity index (χ1v) is 19.4. The van der Waals surface area contributed by atoms with Crippen molar-refractivity contribution >= 4 is 57.6 Å². The molecule has 0 radical (unpaired) electrons. The van der Waals surface area contributed by atoms with E-state index in [9.17, 15) is 9.59 Å². The van der Waals surface area contributed by atoms with Gasteiger partial charge in [-0.2, -0.15) is 0 Å². The molecule has 7 heteroatoms. The number of H-pyrrole nitrogens is 2. The van der Waals surface area contributed by atoms with E-state index in [-0.39, 0.29) is 13.0 Å². The van der Waals surface area contributed by atoms with Gasteiger partial charge < -0.3 is 14.7 Å². The first kappa shape index (κ1) is 34.8. The predicted octanol–water partition coefficient (Wildman–Crippen LogP) is 11.5. The van der Waals surface area contributed by atoms with Gasteiger partial charge in [-0.3, -0.25) is 4.79 Å². The number of hydrogen-bond acceptors (Lipinski definition) is 5. The summed E-state index contributed by atoms with van der Waals surface area (Å²) in [6.45, 7) is 1.99. The minimum absolute atomic E-state index is 0.132. The lowest BCUT2D eigenvalue weighted by Crippen LogP contribution is -2.08. The highest BCUT2D eigenvalue weighted by Gasteiger charge is 2.39. The molecule has 0 atom stereocenters. The Morgan fingerprint density at radius 3 is 1.36 bits per heavy atom. The average Bonchev–Trinajstić information content (AvgIpc) is 4.13. The van der Waals surface area contributed by atoms with Gasteiger partial charge in [0, 0.05) is 67.5 Å². The van der Waals surface area contributed by atoms with Crippen molar-refractivity contribution in [3.63, 3.8) is 0 Å². The summed E-state index contributed by atoms with van der Waals surface area (Å²) < 4.78 is 5.68. The van der Waals surface area contributed by atoms with E-state index in [1.807, 2.05) is 97.1 Å². The maximum absolute atomic E-state index is 13.9. The summed E-state index contributed by atoms with van der Waals surface area (Å²) in [5.41, 5.74) is 15.6. The summed E-state index contributed by atoms with van der Waals surface area (Å²) in [6, 6.07) is 49.0. The van der Waals surface area contributed by atoms with Crippen LogP contribution in [0.1, 0.15) is 36.1 Å². The molecule has 0 unspecified atom stereocenters. The minimum Gasteiger partial charge on any atom is -0.463 e. The normalized spacial score (nSPS) is 13.2. The molecule has 278 valence electrons. The zero-order chi connectivity index (χ0) is 39.2. The Kier molecular flexibility index (Phi) is 8.68. The summed E-state index contributed by atoms with van der Waals surface area (Å²) in [5, 5.41) is 0. The third-order valence-electron chi connectivity index (χ3n) is 10.9. The molecule has 5 heterocycles. The molecule has 7 nitrogen and oxygen atoms in total. The summed E-state index contributed by atoms with van der Waals surface area (Å²) in [5.74, 6) is -0.464. The Balaban J connectivity index is 1.47. The van der Waals surface area contributed by atoms with Crippen LogP contribution in [0.25, 0.3) is 89.9 Å². The minimum atomic E-state index is -0.464. The van der Waals surface area contributed by atoms with Crippen LogP contribution in [0, 0.1) is 0 Å². The number of allylic oxidation sites excluding steroid dienone is 3. The zero-order valence-corrected chi connectivity index (χ0v) is 31.6. The molecule has 0 saturated heterocycles. The fourth-order valence-electron chi connectivity index (χ4n) is 8.44. The number of fused-ring (bicyclic) bond motifs is 11. The van der Waals surface area contributed by atoms with Crippen molar-refractivity contribution < 1.29 is 14.3 Å². The van der Waals surface area contributed by atoms with E-state index in [0.29, 0.717) is 33.7 Å². The molecule has 58 heavy (non-hydrogen) atoms. The highest BCUT2D eigenvalue weighted by Crippen LogP contribution is 2.52. The smallest absolute Gasteiger partial charge is 0.335 e. The number of aldehydes is 1. The second kappa shape index (κ2) is 14.5. The van der Waals surface area contributed by atoms with E-state index in [1.54, 1.807) is 6.92 Å². The fraction of sp³-hybridized carbons (Fsp3) is 0.0588. The number of benzene rings is 4. The van der Waals surface area contributed by atoms with Crippen molar-refractivity contribution in [3.05, 3.63) is 180 Å². The van der Waals surface area contributed by atoms with Gasteiger partial charge in [-0.1, -0.05) is 121 Å². The number of rotatable bonds is 7. The van der Waals surface area contributed by atoms with E-state index in [4.69, 9.17) is 14.7 Å². The molecule has 0 saturated carbocycles. The monoisotopic (exact) mass is 752 g/mol. The van der Waals surface area contributed by atoms with Crippen LogP contribution >= 0.6 is 0 Å². The molecule has 0 fully saturated rings. The first-order chi connectivity index (χ1) is 28.6. The quantitative estimate of drug-likeness (QED) is 0.125. The van der Waals surface area contributed by atoms with Gasteiger partial charge in [0.2, 0.25) is 0 Å². The van der Waals surface area contributed by atoms with Crippen LogP contribution in [0.4, 0.5) is 0 Å².